The molecule has 0 saturated heterocycles. The normalized spacial score (nSPS) is 14.9. The number of sulfonamides is 1. The number of rotatable bonds is 6. The number of quaternary nitrogens is 1. The average Bonchev–Trinajstić information content (AvgIpc) is 2.09. The molecule has 0 atom stereocenters. The highest BCUT2D eigenvalue weighted by Crippen LogP contribution is 2.39. The smallest absolute Gasteiger partial charge is 0.217 e. The second kappa shape index (κ2) is 5.23. The van der Waals surface area contributed by atoms with Gasteiger partial charge in [-0.15, -0.1) is 0 Å². The Balaban J connectivity index is 4.52. The summed E-state index contributed by atoms with van der Waals surface area (Å²) in [5, 5.41) is 3.32. The molecule has 5 nitrogen and oxygen atoms in total. The molecule has 0 heterocycles. The van der Waals surface area contributed by atoms with Crippen LogP contribution < -0.4 is 4.72 Å². The lowest BCUT2D eigenvalue weighted by Crippen LogP contribution is -2.50. The highest BCUT2D eigenvalue weighted by atomic mass is 32.2. The van der Waals surface area contributed by atoms with Crippen LogP contribution in [0.15, 0.2) is 0 Å². The van der Waals surface area contributed by atoms with Crippen LogP contribution in [0.5, 0.6) is 0 Å². The summed E-state index contributed by atoms with van der Waals surface area (Å²) in [5.41, 5.74) is 0. The molecule has 0 aliphatic carbocycles. The number of hydrogen-bond acceptors (Lipinski definition) is 3. The quantitative estimate of drug-likeness (QED) is 0.332. The van der Waals surface area contributed by atoms with Crippen molar-refractivity contribution in [3.05, 3.63) is 0 Å². The topological polar surface area (TPSA) is 66.4 Å². The summed E-state index contributed by atoms with van der Waals surface area (Å²) in [6, 6.07) is 0. The second-order valence-corrected chi connectivity index (χ2v) is 5.92. The van der Waals surface area contributed by atoms with Crippen molar-refractivity contribution in [2.45, 2.75) is 17.9 Å². The van der Waals surface area contributed by atoms with Gasteiger partial charge in [0.1, 0.15) is 6.54 Å². The molecule has 0 radical (unpaired) electrons. The summed E-state index contributed by atoms with van der Waals surface area (Å²) < 4.78 is 82.7. The van der Waals surface area contributed by atoms with Crippen LogP contribution in [0.4, 0.5) is 22.0 Å². The van der Waals surface area contributed by atoms with E-state index in [1.165, 1.54) is 14.1 Å². The second-order valence-electron chi connectivity index (χ2n) is 4.11. The molecule has 0 rings (SSSR count). The zero-order chi connectivity index (χ0) is 14.8. The first-order valence-corrected chi connectivity index (χ1v) is 6.18. The van der Waals surface area contributed by atoms with E-state index in [0.29, 0.717) is 0 Å². The maximum Gasteiger partial charge on any atom is 0.470 e. The summed E-state index contributed by atoms with van der Waals surface area (Å²) in [5.74, 6) is 0. The molecular formula is C7H14F5N2O3S+. The van der Waals surface area contributed by atoms with Crippen LogP contribution in [-0.2, 0) is 10.0 Å². The van der Waals surface area contributed by atoms with Gasteiger partial charge in [-0.2, -0.15) is 26.6 Å². The number of hydrogen-bond donors (Lipinski definition) is 2. The molecule has 110 valence electrons. The molecule has 0 aromatic carbocycles. The Morgan fingerprint density at radius 1 is 1.17 bits per heavy atom. The van der Waals surface area contributed by atoms with Crippen LogP contribution in [0.2, 0.25) is 0 Å². The molecule has 18 heavy (non-hydrogen) atoms. The highest BCUT2D eigenvalue weighted by molar-refractivity contribution is 7.90. The van der Waals surface area contributed by atoms with E-state index in [0.717, 1.165) is 4.72 Å². The summed E-state index contributed by atoms with van der Waals surface area (Å²) in [4.78, 5) is 0. The largest absolute Gasteiger partial charge is 0.470 e. The van der Waals surface area contributed by atoms with Crippen LogP contribution >= 0.6 is 0 Å². The Morgan fingerprint density at radius 2 is 1.61 bits per heavy atom. The third-order valence-electron chi connectivity index (χ3n) is 1.84. The number of nitrogens with one attached hydrogen (secondary N) is 1. The molecular weight excluding hydrogens is 287 g/mol. The number of hydroxylamine groups is 3. The van der Waals surface area contributed by atoms with E-state index in [9.17, 15) is 30.4 Å². The van der Waals surface area contributed by atoms with E-state index >= 15 is 0 Å². The van der Waals surface area contributed by atoms with Gasteiger partial charge >= 0.3 is 11.4 Å². The third-order valence-corrected chi connectivity index (χ3v) is 3.33. The Morgan fingerprint density at radius 3 is 1.94 bits per heavy atom. The van der Waals surface area contributed by atoms with Crippen molar-refractivity contribution < 1.29 is 40.2 Å². The van der Waals surface area contributed by atoms with E-state index < -0.39 is 32.6 Å². The van der Waals surface area contributed by atoms with Crippen molar-refractivity contribution in [1.82, 2.24) is 4.72 Å². The van der Waals surface area contributed by atoms with Gasteiger partial charge in [0.2, 0.25) is 0 Å². The minimum Gasteiger partial charge on any atom is -0.217 e. The first-order valence-electron chi connectivity index (χ1n) is 4.70. The van der Waals surface area contributed by atoms with Crippen molar-refractivity contribution in [3.63, 3.8) is 0 Å². The Bertz CT molecular complexity index is 374. The molecule has 0 fully saturated rings. The fourth-order valence-electron chi connectivity index (χ4n) is 0.916. The molecule has 2 N–H and O–H groups in total. The van der Waals surface area contributed by atoms with Crippen molar-refractivity contribution in [3.8, 4) is 0 Å². The molecule has 11 heteroatoms. The van der Waals surface area contributed by atoms with Gasteiger partial charge in [-0.3, -0.25) is 0 Å². The maximum absolute atomic E-state index is 12.5. The predicted molar refractivity (Wildman–Crippen MR) is 51.3 cm³/mol. The first kappa shape index (κ1) is 17.5. The summed E-state index contributed by atoms with van der Waals surface area (Å²) in [6.07, 6.45) is -6.28. The molecule has 0 bridgehead atoms. The van der Waals surface area contributed by atoms with E-state index in [1.807, 2.05) is 0 Å². The Hall–Kier alpha value is -0.520. The lowest BCUT2D eigenvalue weighted by molar-refractivity contribution is -1.07. The average molecular weight is 301 g/mol. The van der Waals surface area contributed by atoms with Gasteiger partial charge in [0.25, 0.3) is 10.0 Å². The lowest BCUT2D eigenvalue weighted by Gasteiger charge is -2.21. The molecule has 0 unspecified atom stereocenters. The van der Waals surface area contributed by atoms with E-state index in [2.05, 4.69) is 0 Å². The fraction of sp³-hybridized carbons (Fsp3) is 1.00. The molecule has 0 aromatic rings. The van der Waals surface area contributed by atoms with Crippen LogP contribution in [0.1, 0.15) is 6.42 Å². The summed E-state index contributed by atoms with van der Waals surface area (Å²) in [7, 11) is -3.17. The van der Waals surface area contributed by atoms with Gasteiger partial charge in [0.15, 0.2) is 0 Å². The standard InChI is InChI=1S/C7H14F5N2O3S/c1-14(2,15)5-3-4-13-18(16,17)7(11,12)6(8,9)10/h13,15H,3-5H2,1-2H3/q+1. The molecule has 0 aliphatic heterocycles. The van der Waals surface area contributed by atoms with Crippen molar-refractivity contribution >= 4 is 10.0 Å². The molecule has 0 saturated carbocycles. The van der Waals surface area contributed by atoms with Gasteiger partial charge in [-0.05, 0) is 0 Å². The van der Waals surface area contributed by atoms with E-state index in [-0.39, 0.29) is 13.0 Å². The third kappa shape index (κ3) is 4.63. The minimum absolute atomic E-state index is 0.0138. The Labute approximate surface area is 101 Å². The first-order chi connectivity index (χ1) is 7.71. The van der Waals surface area contributed by atoms with Gasteiger partial charge in [-0.25, -0.2) is 18.3 Å². The zero-order valence-electron chi connectivity index (χ0n) is 9.63. The van der Waals surface area contributed by atoms with Crippen LogP contribution in [-0.4, -0.2) is 56.9 Å². The maximum atomic E-state index is 12.5. The fourth-order valence-corrected chi connectivity index (χ4v) is 1.81. The monoisotopic (exact) mass is 301 g/mol. The van der Waals surface area contributed by atoms with Gasteiger partial charge in [-0.1, -0.05) is 0 Å². The molecule has 0 aliphatic rings. The minimum atomic E-state index is -6.18. The number of alkyl halides is 5. The van der Waals surface area contributed by atoms with E-state index in [4.69, 9.17) is 5.21 Å². The van der Waals surface area contributed by atoms with E-state index in [1.54, 1.807) is 0 Å². The zero-order valence-corrected chi connectivity index (χ0v) is 10.4. The van der Waals surface area contributed by atoms with Gasteiger partial charge in [0, 0.05) is 13.0 Å². The van der Waals surface area contributed by atoms with Gasteiger partial charge in [0.05, 0.1) is 14.1 Å². The summed E-state index contributed by atoms with van der Waals surface area (Å²) in [6.45, 7) is -0.643. The van der Waals surface area contributed by atoms with Gasteiger partial charge < -0.3 is 0 Å². The lowest BCUT2D eigenvalue weighted by atomic mass is 10.4. The van der Waals surface area contributed by atoms with Crippen molar-refractivity contribution in [2.75, 3.05) is 27.2 Å². The highest BCUT2D eigenvalue weighted by Gasteiger charge is 2.67. The molecule has 0 amide bonds. The molecule has 0 aromatic heterocycles. The number of halogens is 5. The SMILES string of the molecule is C[N+](C)(O)CCCNS(=O)(=O)C(F)(F)C(F)(F)F. The van der Waals surface area contributed by atoms with Crippen LogP contribution in [0.3, 0.4) is 0 Å². The number of nitrogens with zero attached hydrogens (tertiary/aromatic N) is 1. The van der Waals surface area contributed by atoms with Crippen molar-refractivity contribution in [1.29, 1.82) is 0 Å². The van der Waals surface area contributed by atoms with Crippen LogP contribution in [0.25, 0.3) is 0 Å². The molecule has 0 spiro atoms. The Kier molecular flexibility index (Phi) is 5.08. The predicted octanol–water partition coefficient (Wildman–Crippen LogP) is 0.917. The summed E-state index contributed by atoms with van der Waals surface area (Å²) >= 11 is 0. The van der Waals surface area contributed by atoms with Crippen LogP contribution in [0, 0.1) is 0 Å². The van der Waals surface area contributed by atoms with Crippen molar-refractivity contribution in [2.24, 2.45) is 0 Å².